The average molecular weight is 441 g/mol. The van der Waals surface area contributed by atoms with Crippen molar-refractivity contribution in [2.75, 3.05) is 18.4 Å². The summed E-state index contributed by atoms with van der Waals surface area (Å²) in [5, 5.41) is 7.78. The second-order valence-electron chi connectivity index (χ2n) is 9.59. The van der Waals surface area contributed by atoms with Crippen molar-refractivity contribution in [2.24, 2.45) is 0 Å². The molecule has 2 amide bonds. The Labute approximate surface area is 193 Å². The Morgan fingerprint density at radius 1 is 1.03 bits per heavy atom. The monoisotopic (exact) mass is 440 g/mol. The van der Waals surface area contributed by atoms with Gasteiger partial charge < -0.3 is 10.2 Å². The first-order chi connectivity index (χ1) is 15.2. The van der Waals surface area contributed by atoms with E-state index in [2.05, 4.69) is 39.9 Å². The van der Waals surface area contributed by atoms with Crippen molar-refractivity contribution < 1.29 is 9.59 Å². The largest absolute Gasteiger partial charge is 0.333 e. The SMILES string of the molecule is CCCCCC(=O)N(CCCC)CC(=O)Nc1cc(C(C)(C)C)nn1-c1ccc(C)cc1. The fourth-order valence-corrected chi connectivity index (χ4v) is 3.40. The van der Waals surface area contributed by atoms with E-state index in [-0.39, 0.29) is 23.8 Å². The summed E-state index contributed by atoms with van der Waals surface area (Å²) in [7, 11) is 0. The number of anilines is 1. The van der Waals surface area contributed by atoms with Crippen LogP contribution < -0.4 is 5.32 Å². The minimum absolute atomic E-state index is 0.0597. The van der Waals surface area contributed by atoms with E-state index in [0.717, 1.165) is 49.0 Å². The van der Waals surface area contributed by atoms with E-state index < -0.39 is 0 Å². The smallest absolute Gasteiger partial charge is 0.245 e. The fraction of sp³-hybridized carbons (Fsp3) is 0.577. The van der Waals surface area contributed by atoms with E-state index in [9.17, 15) is 9.59 Å². The highest BCUT2D eigenvalue weighted by Crippen LogP contribution is 2.26. The first kappa shape index (κ1) is 25.6. The lowest BCUT2D eigenvalue weighted by atomic mass is 9.92. The summed E-state index contributed by atoms with van der Waals surface area (Å²) >= 11 is 0. The van der Waals surface area contributed by atoms with Gasteiger partial charge in [-0.15, -0.1) is 0 Å². The van der Waals surface area contributed by atoms with Crippen molar-refractivity contribution in [2.45, 2.75) is 85.5 Å². The van der Waals surface area contributed by atoms with E-state index in [1.165, 1.54) is 0 Å². The summed E-state index contributed by atoms with van der Waals surface area (Å²) in [4.78, 5) is 27.4. The average Bonchev–Trinajstić information content (AvgIpc) is 3.16. The number of carbonyl (C=O) groups excluding carboxylic acids is 2. The molecule has 6 heteroatoms. The fourth-order valence-electron chi connectivity index (χ4n) is 3.40. The van der Waals surface area contributed by atoms with Crippen LogP contribution in [0, 0.1) is 6.92 Å². The zero-order valence-electron chi connectivity index (χ0n) is 20.7. The number of hydrogen-bond donors (Lipinski definition) is 1. The molecular formula is C26H40N4O2. The van der Waals surface area contributed by atoms with Gasteiger partial charge in [-0.1, -0.05) is 71.6 Å². The second-order valence-corrected chi connectivity index (χ2v) is 9.59. The van der Waals surface area contributed by atoms with Gasteiger partial charge in [0.05, 0.1) is 17.9 Å². The molecule has 0 radical (unpaired) electrons. The standard InChI is InChI=1S/C26H40N4O2/c1-7-9-11-12-25(32)29(17-10-8-2)19-24(31)27-23-18-22(26(4,5)6)28-30(23)21-15-13-20(3)14-16-21/h13-16,18H,7-12,17,19H2,1-6H3,(H,27,31). The van der Waals surface area contributed by atoms with E-state index >= 15 is 0 Å². The molecule has 1 aromatic heterocycles. The number of benzene rings is 1. The lowest BCUT2D eigenvalue weighted by molar-refractivity contribution is -0.134. The number of rotatable bonds is 11. The Hall–Kier alpha value is -2.63. The van der Waals surface area contributed by atoms with Gasteiger partial charge in [0.15, 0.2) is 0 Å². The third kappa shape index (κ3) is 7.50. The number of amides is 2. The molecule has 0 aliphatic heterocycles. The third-order valence-electron chi connectivity index (χ3n) is 5.49. The molecule has 0 aliphatic carbocycles. The normalized spacial score (nSPS) is 11.4. The molecule has 0 unspecified atom stereocenters. The van der Waals surface area contributed by atoms with Gasteiger partial charge in [0, 0.05) is 24.4 Å². The van der Waals surface area contributed by atoms with Gasteiger partial charge in [0.25, 0.3) is 0 Å². The molecule has 2 rings (SSSR count). The van der Waals surface area contributed by atoms with Gasteiger partial charge in [-0.2, -0.15) is 5.10 Å². The molecule has 2 aromatic rings. The maximum absolute atomic E-state index is 13.0. The Balaban J connectivity index is 2.21. The van der Waals surface area contributed by atoms with E-state index in [0.29, 0.717) is 18.8 Å². The quantitative estimate of drug-likeness (QED) is 0.461. The highest BCUT2D eigenvalue weighted by Gasteiger charge is 2.23. The first-order valence-electron chi connectivity index (χ1n) is 11.9. The van der Waals surface area contributed by atoms with E-state index in [4.69, 9.17) is 5.10 Å². The zero-order valence-corrected chi connectivity index (χ0v) is 20.7. The molecule has 0 fully saturated rings. The Morgan fingerprint density at radius 2 is 1.69 bits per heavy atom. The molecule has 6 nitrogen and oxygen atoms in total. The lowest BCUT2D eigenvalue weighted by Gasteiger charge is -2.22. The molecule has 0 atom stereocenters. The van der Waals surface area contributed by atoms with Gasteiger partial charge in [0.1, 0.15) is 5.82 Å². The molecule has 1 aromatic carbocycles. The number of nitrogens with zero attached hydrogens (tertiary/aromatic N) is 3. The van der Waals surface area contributed by atoms with E-state index in [1.807, 2.05) is 37.3 Å². The summed E-state index contributed by atoms with van der Waals surface area (Å²) in [5.74, 6) is 0.487. The zero-order chi connectivity index (χ0) is 23.7. The molecule has 0 aliphatic rings. The van der Waals surface area contributed by atoms with Crippen LogP contribution in [-0.2, 0) is 15.0 Å². The Kier molecular flexibility index (Phi) is 9.48. The summed E-state index contributed by atoms with van der Waals surface area (Å²) in [6, 6.07) is 9.98. The van der Waals surface area contributed by atoms with Crippen LogP contribution in [0.2, 0.25) is 0 Å². The molecule has 32 heavy (non-hydrogen) atoms. The Morgan fingerprint density at radius 3 is 2.28 bits per heavy atom. The molecule has 1 N–H and O–H groups in total. The van der Waals surface area contributed by atoms with Crippen LogP contribution in [0.5, 0.6) is 0 Å². The predicted molar refractivity (Wildman–Crippen MR) is 131 cm³/mol. The number of hydrogen-bond acceptors (Lipinski definition) is 3. The van der Waals surface area contributed by atoms with Crippen molar-refractivity contribution in [3.05, 3.63) is 41.6 Å². The van der Waals surface area contributed by atoms with Gasteiger partial charge >= 0.3 is 0 Å². The lowest BCUT2D eigenvalue weighted by Crippen LogP contribution is -2.38. The molecule has 0 saturated carbocycles. The molecule has 0 bridgehead atoms. The number of aromatic nitrogens is 2. The van der Waals surface area contributed by atoms with Crippen LogP contribution in [-0.4, -0.2) is 39.6 Å². The van der Waals surface area contributed by atoms with Crippen molar-refractivity contribution >= 4 is 17.6 Å². The summed E-state index contributed by atoms with van der Waals surface area (Å²) in [6.07, 6.45) is 5.35. The van der Waals surface area contributed by atoms with Crippen molar-refractivity contribution in [1.82, 2.24) is 14.7 Å². The van der Waals surface area contributed by atoms with Gasteiger partial charge in [0.2, 0.25) is 11.8 Å². The van der Waals surface area contributed by atoms with Crippen molar-refractivity contribution in [3.8, 4) is 5.69 Å². The highest BCUT2D eigenvalue weighted by atomic mass is 16.2. The highest BCUT2D eigenvalue weighted by molar-refractivity contribution is 5.94. The van der Waals surface area contributed by atoms with Crippen LogP contribution >= 0.6 is 0 Å². The van der Waals surface area contributed by atoms with Crippen LogP contribution in [0.1, 0.15) is 84.4 Å². The summed E-state index contributed by atoms with van der Waals surface area (Å²) in [5.41, 5.74) is 2.79. The van der Waals surface area contributed by atoms with Crippen LogP contribution in [0.4, 0.5) is 5.82 Å². The van der Waals surface area contributed by atoms with Gasteiger partial charge in [-0.3, -0.25) is 9.59 Å². The van der Waals surface area contributed by atoms with Crippen LogP contribution in [0.25, 0.3) is 5.69 Å². The molecular weight excluding hydrogens is 400 g/mol. The summed E-state index contributed by atoms with van der Waals surface area (Å²) in [6.45, 7) is 13.2. The molecule has 0 spiro atoms. The second kappa shape index (κ2) is 11.8. The van der Waals surface area contributed by atoms with Crippen LogP contribution in [0.15, 0.2) is 30.3 Å². The van der Waals surface area contributed by atoms with E-state index in [1.54, 1.807) is 9.58 Å². The topological polar surface area (TPSA) is 67.2 Å². The van der Waals surface area contributed by atoms with Gasteiger partial charge in [-0.05, 0) is 31.9 Å². The maximum Gasteiger partial charge on any atom is 0.245 e. The first-order valence-corrected chi connectivity index (χ1v) is 11.9. The minimum Gasteiger partial charge on any atom is -0.333 e. The van der Waals surface area contributed by atoms with Crippen molar-refractivity contribution in [1.29, 1.82) is 0 Å². The van der Waals surface area contributed by atoms with Gasteiger partial charge in [-0.25, -0.2) is 4.68 Å². The number of nitrogens with one attached hydrogen (secondary N) is 1. The minimum atomic E-state index is -0.196. The Bertz CT molecular complexity index is 878. The number of unbranched alkanes of at least 4 members (excludes halogenated alkanes) is 3. The molecule has 1 heterocycles. The predicted octanol–water partition coefficient (Wildman–Crippen LogP) is 5.63. The van der Waals surface area contributed by atoms with Crippen molar-refractivity contribution in [3.63, 3.8) is 0 Å². The maximum atomic E-state index is 13.0. The molecule has 176 valence electrons. The molecule has 0 saturated heterocycles. The number of aryl methyl sites for hydroxylation is 1. The summed E-state index contributed by atoms with van der Waals surface area (Å²) < 4.78 is 1.78. The number of carbonyl (C=O) groups is 2. The third-order valence-corrected chi connectivity index (χ3v) is 5.49. The van der Waals surface area contributed by atoms with Crippen LogP contribution in [0.3, 0.4) is 0 Å².